The fourth-order valence-corrected chi connectivity index (χ4v) is 4.61. The number of thioether (sulfide) groups is 1. The van der Waals surface area contributed by atoms with Crippen molar-refractivity contribution in [1.82, 2.24) is 10.5 Å². The number of carbonyl (C=O) groups excluding carboxylic acids is 1. The Balaban J connectivity index is 1.48. The molecule has 0 aliphatic carbocycles. The number of hydrogen-bond acceptors (Lipinski definition) is 5. The molecular weight excluding hydrogens is 425 g/mol. The highest BCUT2D eigenvalue weighted by Crippen LogP contribution is 2.33. The molecule has 1 aromatic heterocycles. The van der Waals surface area contributed by atoms with Gasteiger partial charge in [-0.15, -0.1) is 0 Å². The van der Waals surface area contributed by atoms with E-state index in [4.69, 9.17) is 16.1 Å². The van der Waals surface area contributed by atoms with Gasteiger partial charge in [-0.1, -0.05) is 35.0 Å². The maximum atomic E-state index is 14.3. The molecule has 156 valence electrons. The maximum absolute atomic E-state index is 14.3. The fraction of sp³-hybridized carbons (Fsp3) is 0.273. The number of nitrogens with one attached hydrogen (secondary N) is 1. The zero-order valence-electron chi connectivity index (χ0n) is 16.5. The van der Waals surface area contributed by atoms with Crippen molar-refractivity contribution in [2.45, 2.75) is 13.5 Å². The van der Waals surface area contributed by atoms with Crippen molar-refractivity contribution in [3.8, 4) is 11.3 Å². The highest BCUT2D eigenvalue weighted by molar-refractivity contribution is 7.99. The fourth-order valence-electron chi connectivity index (χ4n) is 3.45. The predicted molar refractivity (Wildman–Crippen MR) is 119 cm³/mol. The quantitative estimate of drug-likeness (QED) is 0.603. The summed E-state index contributed by atoms with van der Waals surface area (Å²) in [6.07, 6.45) is 0. The van der Waals surface area contributed by atoms with Gasteiger partial charge in [-0.25, -0.2) is 4.39 Å². The summed E-state index contributed by atoms with van der Waals surface area (Å²) in [6.45, 7) is 4.06. The van der Waals surface area contributed by atoms with Crippen LogP contribution in [0.3, 0.4) is 0 Å². The highest BCUT2D eigenvalue weighted by Gasteiger charge is 2.25. The lowest BCUT2D eigenvalue weighted by atomic mass is 10.0. The largest absolute Gasteiger partial charge is 0.370 e. The average molecular weight is 446 g/mol. The van der Waals surface area contributed by atoms with Crippen molar-refractivity contribution < 1.29 is 13.7 Å². The Kier molecular flexibility index (Phi) is 6.29. The van der Waals surface area contributed by atoms with Crippen molar-refractivity contribution in [2.24, 2.45) is 0 Å². The standard InChI is InChI=1S/C22H21ClFN3O2S/c1-14-19(21(26-29-14)20-17(23)3-2-4-18(20)24)22(28)25-13-15-5-7-16(8-6-15)27-9-11-30-12-10-27/h2-8H,9-13H2,1H3,(H,25,28). The van der Waals surface area contributed by atoms with Crippen LogP contribution in [0.25, 0.3) is 11.3 Å². The summed E-state index contributed by atoms with van der Waals surface area (Å²) in [6, 6.07) is 12.5. The molecule has 0 spiro atoms. The number of halogens is 2. The van der Waals surface area contributed by atoms with E-state index < -0.39 is 5.82 Å². The van der Waals surface area contributed by atoms with Crippen molar-refractivity contribution in [2.75, 3.05) is 29.5 Å². The number of anilines is 1. The molecule has 1 N–H and O–H groups in total. The first-order chi connectivity index (χ1) is 14.5. The molecular formula is C22H21ClFN3O2S. The van der Waals surface area contributed by atoms with Crippen LogP contribution >= 0.6 is 23.4 Å². The Hall–Kier alpha value is -2.51. The zero-order valence-corrected chi connectivity index (χ0v) is 18.0. The Morgan fingerprint density at radius 1 is 1.23 bits per heavy atom. The lowest BCUT2D eigenvalue weighted by Crippen LogP contribution is -2.32. The van der Waals surface area contributed by atoms with Crippen molar-refractivity contribution in [3.05, 3.63) is 70.2 Å². The molecule has 0 saturated carbocycles. The minimum absolute atomic E-state index is 0.0604. The second-order valence-corrected chi connectivity index (χ2v) is 8.64. The molecule has 2 heterocycles. The van der Waals surface area contributed by atoms with Gasteiger partial charge < -0.3 is 14.7 Å². The van der Waals surface area contributed by atoms with Crippen LogP contribution in [-0.4, -0.2) is 35.7 Å². The molecule has 1 amide bonds. The molecule has 1 saturated heterocycles. The lowest BCUT2D eigenvalue weighted by molar-refractivity contribution is 0.0950. The van der Waals surface area contributed by atoms with Crippen LogP contribution in [0, 0.1) is 12.7 Å². The molecule has 1 aliphatic heterocycles. The summed E-state index contributed by atoms with van der Waals surface area (Å²) in [5.41, 5.74) is 2.51. The van der Waals surface area contributed by atoms with Gasteiger partial charge in [-0.2, -0.15) is 11.8 Å². The molecule has 1 aliphatic rings. The monoisotopic (exact) mass is 445 g/mol. The minimum Gasteiger partial charge on any atom is -0.370 e. The lowest BCUT2D eigenvalue weighted by Gasteiger charge is -2.28. The number of aromatic nitrogens is 1. The van der Waals surface area contributed by atoms with Crippen LogP contribution in [0.4, 0.5) is 10.1 Å². The summed E-state index contributed by atoms with van der Waals surface area (Å²) in [5.74, 6) is 1.64. The van der Waals surface area contributed by atoms with E-state index in [-0.39, 0.29) is 27.8 Å². The number of rotatable bonds is 5. The van der Waals surface area contributed by atoms with Crippen LogP contribution in [0.5, 0.6) is 0 Å². The Labute approximate surface area is 183 Å². The van der Waals surface area contributed by atoms with Gasteiger partial charge in [0.1, 0.15) is 22.8 Å². The van der Waals surface area contributed by atoms with Crippen LogP contribution in [0.1, 0.15) is 21.7 Å². The van der Waals surface area contributed by atoms with Gasteiger partial charge >= 0.3 is 0 Å². The molecule has 4 rings (SSSR count). The molecule has 3 aromatic rings. The first-order valence-electron chi connectivity index (χ1n) is 9.65. The van der Waals surface area contributed by atoms with E-state index in [1.165, 1.54) is 17.8 Å². The molecule has 0 bridgehead atoms. The number of amides is 1. The van der Waals surface area contributed by atoms with Gasteiger partial charge in [0.15, 0.2) is 0 Å². The number of carbonyl (C=O) groups is 1. The van der Waals surface area contributed by atoms with E-state index in [2.05, 4.69) is 27.5 Å². The summed E-state index contributed by atoms with van der Waals surface area (Å²) in [7, 11) is 0. The third-order valence-corrected chi connectivity index (χ3v) is 6.31. The second kappa shape index (κ2) is 9.10. The first-order valence-corrected chi connectivity index (χ1v) is 11.2. The molecule has 1 fully saturated rings. The van der Waals surface area contributed by atoms with Crippen molar-refractivity contribution in [1.29, 1.82) is 0 Å². The number of nitrogens with zero attached hydrogens (tertiary/aromatic N) is 2. The van der Waals surface area contributed by atoms with Gasteiger partial charge in [0.05, 0.1) is 10.6 Å². The van der Waals surface area contributed by atoms with E-state index >= 15 is 0 Å². The molecule has 2 aromatic carbocycles. The van der Waals surface area contributed by atoms with E-state index in [1.807, 2.05) is 23.9 Å². The average Bonchev–Trinajstić information content (AvgIpc) is 3.14. The third-order valence-electron chi connectivity index (χ3n) is 5.05. The number of aryl methyl sites for hydroxylation is 1. The smallest absolute Gasteiger partial charge is 0.257 e. The Bertz CT molecular complexity index is 1030. The van der Waals surface area contributed by atoms with E-state index in [0.29, 0.717) is 12.3 Å². The summed E-state index contributed by atoms with van der Waals surface area (Å²) in [4.78, 5) is 15.2. The Morgan fingerprint density at radius 2 is 1.97 bits per heavy atom. The number of hydrogen-bond donors (Lipinski definition) is 1. The highest BCUT2D eigenvalue weighted by atomic mass is 35.5. The SMILES string of the molecule is Cc1onc(-c2c(F)cccc2Cl)c1C(=O)NCc1ccc(N2CCSCC2)cc1. The summed E-state index contributed by atoms with van der Waals surface area (Å²) >= 11 is 8.12. The first kappa shape index (κ1) is 20.8. The zero-order chi connectivity index (χ0) is 21.1. The predicted octanol–water partition coefficient (Wildman–Crippen LogP) is 4.93. The maximum Gasteiger partial charge on any atom is 0.257 e. The van der Waals surface area contributed by atoms with Crippen LogP contribution in [0.2, 0.25) is 5.02 Å². The Morgan fingerprint density at radius 3 is 2.67 bits per heavy atom. The molecule has 5 nitrogen and oxygen atoms in total. The molecule has 0 radical (unpaired) electrons. The molecule has 30 heavy (non-hydrogen) atoms. The molecule has 0 atom stereocenters. The normalized spacial score (nSPS) is 14.0. The van der Waals surface area contributed by atoms with Gasteiger partial charge in [-0.3, -0.25) is 4.79 Å². The van der Waals surface area contributed by atoms with E-state index in [9.17, 15) is 9.18 Å². The second-order valence-electron chi connectivity index (χ2n) is 7.01. The van der Waals surface area contributed by atoms with Crippen molar-refractivity contribution >= 4 is 35.0 Å². The third kappa shape index (κ3) is 4.32. The topological polar surface area (TPSA) is 58.4 Å². The summed E-state index contributed by atoms with van der Waals surface area (Å²) < 4.78 is 19.5. The van der Waals surface area contributed by atoms with E-state index in [1.54, 1.807) is 13.0 Å². The van der Waals surface area contributed by atoms with Gasteiger partial charge in [0.25, 0.3) is 5.91 Å². The van der Waals surface area contributed by atoms with E-state index in [0.717, 1.165) is 30.2 Å². The minimum atomic E-state index is -0.559. The van der Waals surface area contributed by atoms with Gasteiger partial charge in [0, 0.05) is 36.8 Å². The summed E-state index contributed by atoms with van der Waals surface area (Å²) in [5, 5.41) is 6.92. The molecule has 8 heteroatoms. The van der Waals surface area contributed by atoms with Crippen LogP contribution < -0.4 is 10.2 Å². The van der Waals surface area contributed by atoms with Gasteiger partial charge in [0.2, 0.25) is 0 Å². The van der Waals surface area contributed by atoms with Crippen LogP contribution in [-0.2, 0) is 6.54 Å². The van der Waals surface area contributed by atoms with Crippen LogP contribution in [0.15, 0.2) is 47.0 Å². The molecule has 0 unspecified atom stereocenters. The van der Waals surface area contributed by atoms with Crippen molar-refractivity contribution in [3.63, 3.8) is 0 Å². The van der Waals surface area contributed by atoms with Gasteiger partial charge in [-0.05, 0) is 36.8 Å². The number of benzene rings is 2.